The van der Waals surface area contributed by atoms with Crippen LogP contribution < -0.4 is 0 Å². The number of allylic oxidation sites excluding steroid dienone is 1. The standard InChI is InChI=1S/C14H27O4PS2/c1-10(2)17-19(15,18-11(3)4)14(21(7)16)8-12(5)13(6)9-20-14/h10-11H,8-9H2,1-7H3. The fourth-order valence-corrected chi connectivity index (χ4v) is 8.92. The average Bonchev–Trinajstić information content (AvgIpc) is 2.29. The van der Waals surface area contributed by atoms with Crippen molar-refractivity contribution in [3.8, 4) is 0 Å². The van der Waals surface area contributed by atoms with Gasteiger partial charge in [-0.3, -0.25) is 8.77 Å². The normalized spacial score (nSPS) is 25.8. The van der Waals surface area contributed by atoms with E-state index in [1.165, 1.54) is 17.3 Å². The van der Waals surface area contributed by atoms with E-state index in [0.29, 0.717) is 12.2 Å². The van der Waals surface area contributed by atoms with Crippen molar-refractivity contribution in [1.82, 2.24) is 0 Å². The molecule has 7 heteroatoms. The molecule has 0 amide bonds. The Kier molecular flexibility index (Phi) is 6.76. The summed E-state index contributed by atoms with van der Waals surface area (Å²) in [5, 5.41) is 0. The van der Waals surface area contributed by atoms with Gasteiger partial charge < -0.3 is 9.05 Å². The summed E-state index contributed by atoms with van der Waals surface area (Å²) in [5.41, 5.74) is 2.38. The Hall–Kier alpha value is 0.390. The summed E-state index contributed by atoms with van der Waals surface area (Å²) in [7, 11) is -4.86. The molecule has 4 nitrogen and oxygen atoms in total. The van der Waals surface area contributed by atoms with E-state index in [4.69, 9.17) is 9.05 Å². The zero-order valence-corrected chi connectivity index (χ0v) is 16.5. The average molecular weight is 354 g/mol. The van der Waals surface area contributed by atoms with E-state index in [0.717, 1.165) is 5.57 Å². The van der Waals surface area contributed by atoms with E-state index in [-0.39, 0.29) is 12.2 Å². The van der Waals surface area contributed by atoms with Gasteiger partial charge in [-0.25, -0.2) is 0 Å². The van der Waals surface area contributed by atoms with Crippen molar-refractivity contribution in [2.24, 2.45) is 0 Å². The number of hydrogen-bond donors (Lipinski definition) is 0. The summed E-state index contributed by atoms with van der Waals surface area (Å²) in [6, 6.07) is 0. The molecular formula is C14H27O4PS2. The Bertz CT molecular complexity index is 473. The van der Waals surface area contributed by atoms with E-state index < -0.39 is 22.2 Å². The fourth-order valence-electron chi connectivity index (χ4n) is 2.14. The molecule has 0 aromatic heterocycles. The van der Waals surface area contributed by atoms with Crippen LogP contribution in [0, 0.1) is 0 Å². The highest BCUT2D eigenvalue weighted by Crippen LogP contribution is 2.70. The molecule has 1 rings (SSSR count). The van der Waals surface area contributed by atoms with E-state index in [9.17, 15) is 8.77 Å². The van der Waals surface area contributed by atoms with Crippen molar-refractivity contribution in [1.29, 1.82) is 0 Å². The van der Waals surface area contributed by atoms with Gasteiger partial charge in [0.2, 0.25) is 0 Å². The highest BCUT2D eigenvalue weighted by Gasteiger charge is 2.57. The van der Waals surface area contributed by atoms with Crippen LogP contribution >= 0.6 is 19.4 Å². The number of hydrogen-bond acceptors (Lipinski definition) is 5. The first-order valence-corrected chi connectivity index (χ1v) is 11.2. The third-order valence-electron chi connectivity index (χ3n) is 3.30. The van der Waals surface area contributed by atoms with Gasteiger partial charge in [-0.2, -0.15) is 0 Å². The number of thioether (sulfide) groups is 1. The molecule has 0 aromatic carbocycles. The van der Waals surface area contributed by atoms with Crippen LogP contribution in [0.3, 0.4) is 0 Å². The highest BCUT2D eigenvalue weighted by atomic mass is 32.2. The fraction of sp³-hybridized carbons (Fsp3) is 0.857. The van der Waals surface area contributed by atoms with Crippen LogP contribution in [-0.2, 0) is 24.4 Å². The first kappa shape index (κ1) is 19.4. The van der Waals surface area contributed by atoms with Gasteiger partial charge in [0.25, 0.3) is 0 Å². The largest absolute Gasteiger partial charge is 0.360 e. The second-order valence-electron chi connectivity index (χ2n) is 6.00. The van der Waals surface area contributed by atoms with Crippen LogP contribution in [0.25, 0.3) is 0 Å². The summed E-state index contributed by atoms with van der Waals surface area (Å²) >= 11 is 1.45. The van der Waals surface area contributed by atoms with Crippen molar-refractivity contribution < 1.29 is 17.8 Å². The molecule has 2 unspecified atom stereocenters. The first-order valence-electron chi connectivity index (χ1n) is 7.13. The zero-order chi connectivity index (χ0) is 16.4. The maximum Gasteiger partial charge on any atom is 0.360 e. The van der Waals surface area contributed by atoms with Gasteiger partial charge in [0.05, 0.1) is 12.2 Å². The molecule has 0 radical (unpaired) electrons. The lowest BCUT2D eigenvalue weighted by molar-refractivity contribution is 0.139. The minimum Gasteiger partial charge on any atom is -0.304 e. The molecule has 1 aliphatic heterocycles. The van der Waals surface area contributed by atoms with Crippen LogP contribution in [0.5, 0.6) is 0 Å². The van der Waals surface area contributed by atoms with Crippen molar-refractivity contribution in [3.05, 3.63) is 11.1 Å². The van der Waals surface area contributed by atoms with Gasteiger partial charge in [-0.15, -0.1) is 11.8 Å². The van der Waals surface area contributed by atoms with Crippen molar-refractivity contribution in [2.45, 2.75) is 64.0 Å². The molecule has 21 heavy (non-hydrogen) atoms. The van der Waals surface area contributed by atoms with E-state index in [2.05, 4.69) is 6.92 Å². The quantitative estimate of drug-likeness (QED) is 0.518. The molecule has 1 aliphatic rings. The molecule has 0 aromatic rings. The molecule has 0 spiro atoms. The highest BCUT2D eigenvalue weighted by molar-refractivity contribution is 8.20. The molecule has 1 heterocycles. The first-order chi connectivity index (χ1) is 9.54. The summed E-state index contributed by atoms with van der Waals surface area (Å²) in [4.78, 5) is 0. The van der Waals surface area contributed by atoms with Gasteiger partial charge in [-0.1, -0.05) is 11.1 Å². The molecular weight excluding hydrogens is 327 g/mol. The third-order valence-corrected chi connectivity index (χ3v) is 11.5. The minimum atomic E-state index is -3.53. The lowest BCUT2D eigenvalue weighted by Crippen LogP contribution is -2.36. The molecule has 0 N–H and O–H groups in total. The van der Waals surface area contributed by atoms with E-state index >= 15 is 0 Å². The predicted octanol–water partition coefficient (Wildman–Crippen LogP) is 4.54. The molecule has 0 bridgehead atoms. The van der Waals surface area contributed by atoms with Gasteiger partial charge in [-0.05, 0) is 41.5 Å². The maximum absolute atomic E-state index is 13.5. The van der Waals surface area contributed by atoms with Crippen LogP contribution in [0.4, 0.5) is 0 Å². The number of rotatable bonds is 6. The summed E-state index contributed by atoms with van der Waals surface area (Å²) in [6.07, 6.45) is 1.58. The molecule has 0 aliphatic carbocycles. The smallest absolute Gasteiger partial charge is 0.304 e. The molecule has 2 atom stereocenters. The zero-order valence-electron chi connectivity index (χ0n) is 14.0. The topological polar surface area (TPSA) is 52.6 Å². The predicted molar refractivity (Wildman–Crippen MR) is 92.3 cm³/mol. The Morgan fingerprint density at radius 3 is 1.95 bits per heavy atom. The van der Waals surface area contributed by atoms with Crippen molar-refractivity contribution in [3.63, 3.8) is 0 Å². The maximum atomic E-state index is 13.5. The van der Waals surface area contributed by atoms with E-state index in [1.807, 2.05) is 34.6 Å². The minimum absolute atomic E-state index is 0.247. The SMILES string of the molecule is CC1=C(C)CC(S(C)=O)(P(=O)(OC(C)C)OC(C)C)SC1. The Morgan fingerprint density at radius 2 is 1.62 bits per heavy atom. The summed E-state index contributed by atoms with van der Waals surface area (Å²) in [5.74, 6) is 0.707. The lowest BCUT2D eigenvalue weighted by atomic mass is 10.1. The third kappa shape index (κ3) is 4.23. The van der Waals surface area contributed by atoms with Gasteiger partial charge >= 0.3 is 7.60 Å². The monoisotopic (exact) mass is 354 g/mol. The van der Waals surface area contributed by atoms with Crippen molar-refractivity contribution >= 4 is 30.2 Å². The molecule has 0 fully saturated rings. The lowest BCUT2D eigenvalue weighted by Gasteiger charge is -2.41. The van der Waals surface area contributed by atoms with Gasteiger partial charge in [0.15, 0.2) is 3.82 Å². The Labute approximate surface area is 135 Å². The van der Waals surface area contributed by atoms with Crippen molar-refractivity contribution in [2.75, 3.05) is 12.0 Å². The van der Waals surface area contributed by atoms with Gasteiger partial charge in [0.1, 0.15) is 0 Å². The van der Waals surface area contributed by atoms with Crippen LogP contribution in [-0.4, -0.2) is 32.2 Å². The van der Waals surface area contributed by atoms with Crippen LogP contribution in [0.1, 0.15) is 48.0 Å². The Balaban J connectivity index is 3.34. The summed E-state index contributed by atoms with van der Waals surface area (Å²) < 4.78 is 36.5. The Morgan fingerprint density at radius 1 is 1.14 bits per heavy atom. The van der Waals surface area contributed by atoms with Gasteiger partial charge in [0, 0.05) is 29.2 Å². The molecule has 0 saturated heterocycles. The summed E-state index contributed by atoms with van der Waals surface area (Å²) in [6.45, 7) is 11.4. The molecule has 124 valence electrons. The van der Waals surface area contributed by atoms with E-state index in [1.54, 1.807) is 6.26 Å². The second kappa shape index (κ2) is 7.31. The molecule has 0 saturated carbocycles. The van der Waals surface area contributed by atoms with Crippen LogP contribution in [0.2, 0.25) is 0 Å². The second-order valence-corrected chi connectivity index (χ2v) is 11.9. The van der Waals surface area contributed by atoms with Crippen LogP contribution in [0.15, 0.2) is 11.1 Å².